The number of halogens is 2. The van der Waals surface area contributed by atoms with Crippen molar-refractivity contribution in [2.24, 2.45) is 11.8 Å². The fraction of sp³-hybridized carbons (Fsp3) is 0.304. The van der Waals surface area contributed by atoms with E-state index in [2.05, 4.69) is 10.6 Å². The van der Waals surface area contributed by atoms with E-state index in [1.165, 1.54) is 0 Å². The Kier molecular flexibility index (Phi) is 5.19. The SMILES string of the molecule is O=C(O)CC[C@@H]1N[C@@]2(C(=O)Nc3ccc(Cl)cc32)[C@@H]2C(=O)N(Cc3ccccc3Cl)C(=O)[C@H]12. The molecular weight excluding hydrogens is 469 g/mol. The van der Waals surface area contributed by atoms with Gasteiger partial charge in [-0.3, -0.25) is 29.4 Å². The van der Waals surface area contributed by atoms with Gasteiger partial charge in [0.15, 0.2) is 0 Å². The number of carbonyl (C=O) groups excluding carboxylic acids is 3. The first-order valence-electron chi connectivity index (χ1n) is 10.4. The number of benzene rings is 2. The predicted molar refractivity (Wildman–Crippen MR) is 120 cm³/mol. The van der Waals surface area contributed by atoms with Crippen molar-refractivity contribution in [1.29, 1.82) is 0 Å². The topological polar surface area (TPSA) is 116 Å². The van der Waals surface area contributed by atoms with Crippen LogP contribution in [-0.2, 0) is 31.3 Å². The van der Waals surface area contributed by atoms with E-state index in [0.717, 1.165) is 4.90 Å². The number of rotatable bonds is 5. The molecule has 3 amide bonds. The summed E-state index contributed by atoms with van der Waals surface area (Å²) in [7, 11) is 0. The molecule has 8 nitrogen and oxygen atoms in total. The minimum atomic E-state index is -1.52. The number of nitrogens with one attached hydrogen (secondary N) is 2. The molecule has 1 spiro atoms. The molecule has 3 heterocycles. The molecule has 33 heavy (non-hydrogen) atoms. The first-order chi connectivity index (χ1) is 15.7. The van der Waals surface area contributed by atoms with Crippen LogP contribution in [0, 0.1) is 11.8 Å². The molecule has 2 fully saturated rings. The van der Waals surface area contributed by atoms with Gasteiger partial charge in [0.25, 0.3) is 0 Å². The maximum absolute atomic E-state index is 13.7. The molecule has 5 rings (SSSR count). The largest absolute Gasteiger partial charge is 0.481 e. The van der Waals surface area contributed by atoms with Crippen LogP contribution in [0.2, 0.25) is 10.0 Å². The molecule has 0 aromatic heterocycles. The Bertz CT molecular complexity index is 1220. The zero-order valence-electron chi connectivity index (χ0n) is 17.2. The first-order valence-corrected chi connectivity index (χ1v) is 11.2. The van der Waals surface area contributed by atoms with E-state index >= 15 is 0 Å². The van der Waals surface area contributed by atoms with Gasteiger partial charge in [-0.05, 0) is 36.2 Å². The molecule has 3 N–H and O–H groups in total. The molecule has 0 radical (unpaired) electrons. The summed E-state index contributed by atoms with van der Waals surface area (Å²) in [5, 5.41) is 16.0. The van der Waals surface area contributed by atoms with Crippen LogP contribution >= 0.6 is 23.2 Å². The van der Waals surface area contributed by atoms with Crippen LogP contribution in [-0.4, -0.2) is 39.7 Å². The van der Waals surface area contributed by atoms with Crippen LogP contribution in [0.3, 0.4) is 0 Å². The van der Waals surface area contributed by atoms with Crippen molar-refractivity contribution in [1.82, 2.24) is 10.2 Å². The van der Waals surface area contributed by atoms with Crippen LogP contribution in [0.5, 0.6) is 0 Å². The van der Waals surface area contributed by atoms with E-state index in [9.17, 15) is 24.3 Å². The Morgan fingerprint density at radius 1 is 1.09 bits per heavy atom. The molecule has 2 aromatic rings. The average molecular weight is 488 g/mol. The van der Waals surface area contributed by atoms with Gasteiger partial charge >= 0.3 is 5.97 Å². The summed E-state index contributed by atoms with van der Waals surface area (Å²) in [6.07, 6.45) is -0.132. The van der Waals surface area contributed by atoms with E-state index in [4.69, 9.17) is 23.2 Å². The molecule has 0 bridgehead atoms. The zero-order valence-corrected chi connectivity index (χ0v) is 18.7. The number of hydrogen-bond donors (Lipinski definition) is 3. The van der Waals surface area contributed by atoms with Crippen molar-refractivity contribution in [3.8, 4) is 0 Å². The third kappa shape index (κ3) is 3.24. The quantitative estimate of drug-likeness (QED) is 0.558. The molecule has 4 atom stereocenters. The van der Waals surface area contributed by atoms with Crippen LogP contribution in [0.15, 0.2) is 42.5 Å². The highest BCUT2D eigenvalue weighted by Gasteiger charge is 2.70. The van der Waals surface area contributed by atoms with Gasteiger partial charge in [0.1, 0.15) is 5.54 Å². The van der Waals surface area contributed by atoms with E-state index in [-0.39, 0.29) is 19.4 Å². The second kappa shape index (κ2) is 7.83. The monoisotopic (exact) mass is 487 g/mol. The molecule has 0 unspecified atom stereocenters. The number of nitrogens with zero attached hydrogens (tertiary/aromatic N) is 1. The van der Waals surface area contributed by atoms with Crippen molar-refractivity contribution in [2.75, 3.05) is 5.32 Å². The molecule has 3 aliphatic heterocycles. The number of hydrogen-bond acceptors (Lipinski definition) is 5. The molecule has 10 heteroatoms. The molecule has 3 aliphatic rings. The van der Waals surface area contributed by atoms with Crippen molar-refractivity contribution in [3.05, 3.63) is 63.6 Å². The van der Waals surface area contributed by atoms with E-state index in [0.29, 0.717) is 26.9 Å². The highest BCUT2D eigenvalue weighted by molar-refractivity contribution is 6.31. The van der Waals surface area contributed by atoms with Gasteiger partial charge < -0.3 is 10.4 Å². The standard InChI is InChI=1S/C23H19Cl2N3O5/c24-12-5-6-15-13(9-12)23(22(33)26-15)19-18(16(27-23)7-8-17(29)30)20(31)28(21(19)32)10-11-3-1-2-4-14(11)25/h1-6,9,16,18-19,27H,7-8,10H2,(H,26,33)(H,29,30)/t16-,18+,19-,23+/m0/s1. The minimum Gasteiger partial charge on any atom is -0.481 e. The zero-order chi connectivity index (χ0) is 23.5. The highest BCUT2D eigenvalue weighted by atomic mass is 35.5. The fourth-order valence-corrected chi connectivity index (χ4v) is 5.68. The van der Waals surface area contributed by atoms with E-state index in [1.54, 1.807) is 42.5 Å². The molecule has 2 saturated heterocycles. The van der Waals surface area contributed by atoms with E-state index in [1.807, 2.05) is 0 Å². The number of anilines is 1. The second-order valence-electron chi connectivity index (χ2n) is 8.49. The number of imide groups is 1. The maximum atomic E-state index is 13.7. The third-order valence-corrected chi connectivity index (χ3v) is 7.33. The normalized spacial score (nSPS) is 27.8. The maximum Gasteiger partial charge on any atom is 0.303 e. The predicted octanol–water partition coefficient (Wildman–Crippen LogP) is 2.78. The Morgan fingerprint density at radius 2 is 1.85 bits per heavy atom. The molecular formula is C23H19Cl2N3O5. The van der Waals surface area contributed by atoms with Crippen LogP contribution in [0.4, 0.5) is 5.69 Å². The minimum absolute atomic E-state index is 0.0317. The lowest BCUT2D eigenvalue weighted by molar-refractivity contribution is -0.144. The van der Waals surface area contributed by atoms with Crippen molar-refractivity contribution in [3.63, 3.8) is 0 Å². The number of fused-ring (bicyclic) bond motifs is 4. The van der Waals surface area contributed by atoms with Crippen molar-refractivity contribution < 1.29 is 24.3 Å². The van der Waals surface area contributed by atoms with Crippen LogP contribution < -0.4 is 10.6 Å². The van der Waals surface area contributed by atoms with Gasteiger partial charge in [-0.2, -0.15) is 0 Å². The lowest BCUT2D eigenvalue weighted by Crippen LogP contribution is -2.53. The van der Waals surface area contributed by atoms with Gasteiger partial charge in [0.05, 0.1) is 18.4 Å². The van der Waals surface area contributed by atoms with Gasteiger partial charge in [-0.15, -0.1) is 0 Å². The number of carboxylic acid groups (broad SMARTS) is 1. The van der Waals surface area contributed by atoms with Crippen LogP contribution in [0.25, 0.3) is 0 Å². The van der Waals surface area contributed by atoms with E-state index < -0.39 is 47.1 Å². The average Bonchev–Trinajstić information content (AvgIpc) is 3.34. The number of aliphatic carboxylic acids is 1. The summed E-state index contributed by atoms with van der Waals surface area (Å²) in [4.78, 5) is 52.9. The summed E-state index contributed by atoms with van der Waals surface area (Å²) in [6, 6.07) is 11.1. The van der Waals surface area contributed by atoms with Gasteiger partial charge in [0.2, 0.25) is 17.7 Å². The smallest absolute Gasteiger partial charge is 0.303 e. The molecule has 0 aliphatic carbocycles. The highest BCUT2D eigenvalue weighted by Crippen LogP contribution is 2.54. The Labute approximate surface area is 198 Å². The lowest BCUT2D eigenvalue weighted by Gasteiger charge is -2.29. The summed E-state index contributed by atoms with van der Waals surface area (Å²) in [5.41, 5.74) is 0.0629. The lowest BCUT2D eigenvalue weighted by atomic mass is 9.76. The Balaban J connectivity index is 1.60. The van der Waals surface area contributed by atoms with Crippen LogP contribution in [0.1, 0.15) is 24.0 Å². The van der Waals surface area contributed by atoms with Gasteiger partial charge in [0, 0.05) is 33.8 Å². The first kappa shape index (κ1) is 21.9. The third-order valence-electron chi connectivity index (χ3n) is 6.72. The van der Waals surface area contributed by atoms with Crippen molar-refractivity contribution in [2.45, 2.75) is 31.0 Å². The van der Waals surface area contributed by atoms with Gasteiger partial charge in [-0.1, -0.05) is 41.4 Å². The number of amides is 3. The number of carboxylic acids is 1. The molecule has 170 valence electrons. The van der Waals surface area contributed by atoms with Crippen molar-refractivity contribution >= 4 is 52.6 Å². The second-order valence-corrected chi connectivity index (χ2v) is 9.34. The number of carbonyl (C=O) groups is 4. The Hall–Kier alpha value is -2.94. The summed E-state index contributed by atoms with van der Waals surface area (Å²) in [5.74, 6) is -4.38. The van der Waals surface area contributed by atoms with Gasteiger partial charge in [-0.25, -0.2) is 0 Å². The number of likely N-dealkylation sites (tertiary alicyclic amines) is 1. The Morgan fingerprint density at radius 3 is 2.58 bits per heavy atom. The summed E-state index contributed by atoms with van der Waals surface area (Å²) < 4.78 is 0. The molecule has 2 aromatic carbocycles. The molecule has 0 saturated carbocycles. The summed E-state index contributed by atoms with van der Waals surface area (Å²) in [6.45, 7) is -0.0317. The fourth-order valence-electron chi connectivity index (χ4n) is 5.31. The summed E-state index contributed by atoms with van der Waals surface area (Å²) >= 11 is 12.5.